The summed E-state index contributed by atoms with van der Waals surface area (Å²) in [5.74, 6) is 0.203. The molecule has 0 saturated carbocycles. The highest BCUT2D eigenvalue weighted by Gasteiger charge is 2.27. The average molecular weight is 503 g/mol. The van der Waals surface area contributed by atoms with Crippen LogP contribution in [-0.2, 0) is 19.6 Å². The van der Waals surface area contributed by atoms with Crippen molar-refractivity contribution in [3.8, 4) is 11.5 Å². The van der Waals surface area contributed by atoms with Gasteiger partial charge in [-0.2, -0.15) is 4.31 Å². The largest absolute Gasteiger partial charge is 0.455 e. The van der Waals surface area contributed by atoms with Crippen LogP contribution in [0.15, 0.2) is 82.6 Å². The van der Waals surface area contributed by atoms with Gasteiger partial charge in [0.2, 0.25) is 15.9 Å². The number of anilines is 1. The molecule has 1 amide bonds. The first-order valence-electron chi connectivity index (χ1n) is 10.5. The van der Waals surface area contributed by atoms with Crippen LogP contribution in [0, 0.1) is 5.82 Å². The summed E-state index contributed by atoms with van der Waals surface area (Å²) in [4.78, 5) is 13.5. The van der Waals surface area contributed by atoms with Gasteiger partial charge in [-0.1, -0.05) is 18.2 Å². The van der Waals surface area contributed by atoms with Gasteiger partial charge in [-0.3, -0.25) is 4.79 Å². The van der Waals surface area contributed by atoms with Crippen LogP contribution in [-0.4, -0.2) is 50.7 Å². The minimum atomic E-state index is -3.76. The van der Waals surface area contributed by atoms with Gasteiger partial charge < -0.3 is 14.8 Å². The highest BCUT2D eigenvalue weighted by molar-refractivity contribution is 8.00. The van der Waals surface area contributed by atoms with E-state index in [4.69, 9.17) is 9.47 Å². The summed E-state index contributed by atoms with van der Waals surface area (Å²) in [5, 5.41) is 2.76. The Balaban J connectivity index is 1.56. The lowest BCUT2D eigenvalue weighted by atomic mass is 10.2. The molecule has 1 aliphatic rings. The smallest absolute Gasteiger partial charge is 0.243 e. The number of hydrogen-bond acceptors (Lipinski definition) is 6. The van der Waals surface area contributed by atoms with Gasteiger partial charge >= 0.3 is 0 Å². The van der Waals surface area contributed by atoms with E-state index in [-0.39, 0.29) is 41.1 Å². The van der Waals surface area contributed by atoms with Gasteiger partial charge in [0.1, 0.15) is 11.6 Å². The first-order valence-corrected chi connectivity index (χ1v) is 13.0. The van der Waals surface area contributed by atoms with Crippen molar-refractivity contribution in [3.05, 3.63) is 78.6 Å². The zero-order valence-corrected chi connectivity index (χ0v) is 19.8. The molecule has 1 N–H and O–H groups in total. The van der Waals surface area contributed by atoms with Crippen LogP contribution in [0.25, 0.3) is 0 Å². The fourth-order valence-electron chi connectivity index (χ4n) is 3.27. The number of thioether (sulfide) groups is 1. The molecule has 0 radical (unpaired) electrons. The van der Waals surface area contributed by atoms with Crippen molar-refractivity contribution in [1.82, 2.24) is 4.31 Å². The van der Waals surface area contributed by atoms with Gasteiger partial charge in [-0.05, 0) is 54.6 Å². The molecule has 34 heavy (non-hydrogen) atoms. The number of morpholine rings is 1. The van der Waals surface area contributed by atoms with Crippen molar-refractivity contribution >= 4 is 33.4 Å². The maximum absolute atomic E-state index is 13.1. The third-order valence-electron chi connectivity index (χ3n) is 4.99. The van der Waals surface area contributed by atoms with Crippen molar-refractivity contribution in [1.29, 1.82) is 0 Å². The minimum absolute atomic E-state index is 0.0521. The molecule has 0 aliphatic carbocycles. The van der Waals surface area contributed by atoms with Crippen molar-refractivity contribution in [2.45, 2.75) is 9.79 Å². The molecule has 3 aromatic carbocycles. The number of nitrogens with zero attached hydrogens (tertiary/aromatic N) is 1. The molecule has 1 fully saturated rings. The highest BCUT2D eigenvalue weighted by atomic mass is 32.2. The Hall–Kier alpha value is -2.92. The second kappa shape index (κ2) is 11.0. The Morgan fingerprint density at radius 1 is 1.03 bits per heavy atom. The quantitative estimate of drug-likeness (QED) is 0.461. The fraction of sp³-hybridized carbons (Fsp3) is 0.208. The number of para-hydroxylation sites is 1. The molecule has 0 bridgehead atoms. The second-order valence-corrected chi connectivity index (χ2v) is 10.4. The van der Waals surface area contributed by atoms with Crippen molar-refractivity contribution in [2.24, 2.45) is 0 Å². The van der Waals surface area contributed by atoms with Gasteiger partial charge in [-0.25, -0.2) is 12.8 Å². The molecule has 0 unspecified atom stereocenters. The number of rotatable bonds is 8. The van der Waals surface area contributed by atoms with E-state index in [1.165, 1.54) is 46.4 Å². The lowest BCUT2D eigenvalue weighted by Crippen LogP contribution is -2.40. The summed E-state index contributed by atoms with van der Waals surface area (Å²) < 4.78 is 51.9. The predicted octanol–water partition coefficient (Wildman–Crippen LogP) is 4.37. The second-order valence-electron chi connectivity index (χ2n) is 7.38. The SMILES string of the molecule is O=C(CSc1ccc(F)cc1)Nc1cc(S(=O)(=O)N2CCOCC2)ccc1Oc1ccccc1. The van der Waals surface area contributed by atoms with E-state index in [1.54, 1.807) is 24.3 Å². The zero-order chi connectivity index (χ0) is 24.0. The number of carbonyl (C=O) groups excluding carboxylic acids is 1. The summed E-state index contributed by atoms with van der Waals surface area (Å²) in [6, 6.07) is 19.2. The molecule has 1 saturated heterocycles. The van der Waals surface area contributed by atoms with E-state index in [9.17, 15) is 17.6 Å². The summed E-state index contributed by atoms with van der Waals surface area (Å²) in [6.45, 7) is 1.19. The van der Waals surface area contributed by atoms with E-state index in [0.717, 1.165) is 4.90 Å². The van der Waals surface area contributed by atoms with Crippen LogP contribution < -0.4 is 10.1 Å². The molecule has 10 heteroatoms. The van der Waals surface area contributed by atoms with E-state index in [1.807, 2.05) is 18.2 Å². The molecule has 1 aliphatic heterocycles. The molecule has 0 spiro atoms. The molecular formula is C24H23FN2O5S2. The van der Waals surface area contributed by atoms with Crippen LogP contribution in [0.3, 0.4) is 0 Å². The molecule has 0 atom stereocenters. The highest BCUT2D eigenvalue weighted by Crippen LogP contribution is 2.33. The summed E-state index contributed by atoms with van der Waals surface area (Å²) >= 11 is 1.24. The van der Waals surface area contributed by atoms with E-state index in [2.05, 4.69) is 5.32 Å². The Morgan fingerprint density at radius 3 is 2.44 bits per heavy atom. The lowest BCUT2D eigenvalue weighted by Gasteiger charge is -2.26. The molecule has 7 nitrogen and oxygen atoms in total. The first kappa shape index (κ1) is 24.2. The van der Waals surface area contributed by atoms with E-state index in [0.29, 0.717) is 24.7 Å². The molecule has 178 valence electrons. The number of amides is 1. The Kier molecular flexibility index (Phi) is 7.84. The molecule has 3 aromatic rings. The third kappa shape index (κ3) is 6.15. The van der Waals surface area contributed by atoms with Gasteiger partial charge in [-0.15, -0.1) is 11.8 Å². The summed E-state index contributed by atoms with van der Waals surface area (Å²) in [7, 11) is -3.76. The number of sulfonamides is 1. The molecule has 4 rings (SSSR count). The van der Waals surface area contributed by atoms with Crippen molar-refractivity contribution < 1.29 is 27.1 Å². The first-order chi connectivity index (χ1) is 16.4. The summed E-state index contributed by atoms with van der Waals surface area (Å²) in [5.41, 5.74) is 0.239. The number of benzene rings is 3. The summed E-state index contributed by atoms with van der Waals surface area (Å²) in [6.07, 6.45) is 0. The minimum Gasteiger partial charge on any atom is -0.455 e. The number of halogens is 1. The molecule has 1 heterocycles. The Bertz CT molecular complexity index is 1230. The number of carbonyl (C=O) groups is 1. The monoisotopic (exact) mass is 502 g/mol. The maximum atomic E-state index is 13.1. The van der Waals surface area contributed by atoms with Crippen LogP contribution >= 0.6 is 11.8 Å². The molecular weight excluding hydrogens is 479 g/mol. The predicted molar refractivity (Wildman–Crippen MR) is 128 cm³/mol. The van der Waals surface area contributed by atoms with Crippen molar-refractivity contribution in [3.63, 3.8) is 0 Å². The zero-order valence-electron chi connectivity index (χ0n) is 18.1. The van der Waals surface area contributed by atoms with Gasteiger partial charge in [0.15, 0.2) is 5.75 Å². The van der Waals surface area contributed by atoms with Crippen LogP contribution in [0.2, 0.25) is 0 Å². The Labute approximate surface area is 201 Å². The topological polar surface area (TPSA) is 84.9 Å². The standard InChI is InChI=1S/C24H23FN2O5S2/c25-18-6-8-20(9-7-18)33-17-24(28)26-22-16-21(34(29,30)27-12-14-31-15-13-27)10-11-23(22)32-19-4-2-1-3-5-19/h1-11,16H,12-15,17H2,(H,26,28). The average Bonchev–Trinajstić information content (AvgIpc) is 2.86. The van der Waals surface area contributed by atoms with Crippen molar-refractivity contribution in [2.75, 3.05) is 37.4 Å². The Morgan fingerprint density at radius 2 is 1.74 bits per heavy atom. The normalized spacial score (nSPS) is 14.5. The van der Waals surface area contributed by atoms with E-state index < -0.39 is 10.0 Å². The fourth-order valence-corrected chi connectivity index (χ4v) is 5.41. The third-order valence-corrected chi connectivity index (χ3v) is 7.89. The van der Waals surface area contributed by atoms with Crippen LogP contribution in [0.1, 0.15) is 0 Å². The van der Waals surface area contributed by atoms with E-state index >= 15 is 0 Å². The van der Waals surface area contributed by atoms with Gasteiger partial charge in [0, 0.05) is 18.0 Å². The van der Waals surface area contributed by atoms with Crippen LogP contribution in [0.4, 0.5) is 10.1 Å². The number of nitrogens with one attached hydrogen (secondary N) is 1. The molecule has 0 aromatic heterocycles. The number of ether oxygens (including phenoxy) is 2. The van der Waals surface area contributed by atoms with Gasteiger partial charge in [0.05, 0.1) is 29.5 Å². The van der Waals surface area contributed by atoms with Crippen LogP contribution in [0.5, 0.6) is 11.5 Å². The lowest BCUT2D eigenvalue weighted by molar-refractivity contribution is -0.113. The van der Waals surface area contributed by atoms with Gasteiger partial charge in [0.25, 0.3) is 0 Å². The maximum Gasteiger partial charge on any atom is 0.243 e. The number of hydrogen-bond donors (Lipinski definition) is 1.